The molecule has 0 aliphatic heterocycles. The highest BCUT2D eigenvalue weighted by molar-refractivity contribution is 5.21. The van der Waals surface area contributed by atoms with Crippen LogP contribution in [-0.4, -0.2) is 0 Å². The molecule has 0 heterocycles. The highest BCUT2D eigenvalue weighted by Crippen LogP contribution is 2.15. The van der Waals surface area contributed by atoms with Gasteiger partial charge in [0, 0.05) is 18.2 Å². The number of rotatable bonds is 5. The molecule has 1 atom stereocenters. The van der Waals surface area contributed by atoms with Crippen molar-refractivity contribution in [2.45, 2.75) is 12.5 Å². The zero-order chi connectivity index (χ0) is 11.8. The van der Waals surface area contributed by atoms with Crippen molar-refractivity contribution in [3.8, 4) is 0 Å². The monoisotopic (exact) mass is 214 g/mol. The molecule has 2 heteroatoms. The first kappa shape index (κ1) is 12.3. The zero-order valence-corrected chi connectivity index (χ0v) is 9.34. The van der Waals surface area contributed by atoms with Crippen LogP contribution in [0.3, 0.4) is 0 Å². The van der Waals surface area contributed by atoms with Gasteiger partial charge in [-0.3, -0.25) is 0 Å². The van der Waals surface area contributed by atoms with Gasteiger partial charge in [0.05, 0.1) is 0 Å². The van der Waals surface area contributed by atoms with Gasteiger partial charge in [-0.25, -0.2) is 0 Å². The lowest BCUT2D eigenvalue weighted by atomic mass is 10.0. The van der Waals surface area contributed by atoms with Gasteiger partial charge in [-0.1, -0.05) is 55.1 Å². The van der Waals surface area contributed by atoms with E-state index in [9.17, 15) is 0 Å². The third kappa shape index (κ3) is 4.15. The van der Waals surface area contributed by atoms with Crippen LogP contribution in [0.1, 0.15) is 18.0 Å². The summed E-state index contributed by atoms with van der Waals surface area (Å²) in [5, 5.41) is 0. The van der Waals surface area contributed by atoms with Gasteiger partial charge >= 0.3 is 0 Å². The quantitative estimate of drug-likeness (QED) is 0.740. The number of allylic oxidation sites excluding steroid dienone is 4. The second-order valence-electron chi connectivity index (χ2n) is 3.58. The Morgan fingerprint density at radius 1 is 1.25 bits per heavy atom. The van der Waals surface area contributed by atoms with Crippen molar-refractivity contribution in [2.75, 3.05) is 0 Å². The molecule has 0 aliphatic carbocycles. The molecule has 1 unspecified atom stereocenters. The molecule has 0 aromatic heterocycles. The van der Waals surface area contributed by atoms with E-state index < -0.39 is 0 Å². The van der Waals surface area contributed by atoms with Crippen LogP contribution in [0.25, 0.3) is 0 Å². The van der Waals surface area contributed by atoms with Crippen molar-refractivity contribution in [1.82, 2.24) is 0 Å². The van der Waals surface area contributed by atoms with Crippen molar-refractivity contribution >= 4 is 0 Å². The molecule has 0 fully saturated rings. The van der Waals surface area contributed by atoms with Gasteiger partial charge in [0.1, 0.15) is 0 Å². The Morgan fingerprint density at radius 2 is 1.94 bits per heavy atom. The summed E-state index contributed by atoms with van der Waals surface area (Å²) in [5.74, 6) is 0. The average molecular weight is 214 g/mol. The van der Waals surface area contributed by atoms with Gasteiger partial charge in [0.2, 0.25) is 0 Å². The first-order valence-electron chi connectivity index (χ1n) is 5.28. The van der Waals surface area contributed by atoms with Crippen molar-refractivity contribution in [2.24, 2.45) is 11.5 Å². The first-order valence-corrected chi connectivity index (χ1v) is 5.28. The fourth-order valence-corrected chi connectivity index (χ4v) is 1.40. The molecular formula is C14H18N2. The Balaban J connectivity index is 2.58. The fourth-order valence-electron chi connectivity index (χ4n) is 1.40. The van der Waals surface area contributed by atoms with Gasteiger partial charge < -0.3 is 11.5 Å². The van der Waals surface area contributed by atoms with Gasteiger partial charge in [0.25, 0.3) is 0 Å². The molecule has 0 aliphatic rings. The lowest BCUT2D eigenvalue weighted by Crippen LogP contribution is -2.13. The third-order valence-corrected chi connectivity index (χ3v) is 2.24. The van der Waals surface area contributed by atoms with Gasteiger partial charge in [0.15, 0.2) is 0 Å². The van der Waals surface area contributed by atoms with Gasteiger partial charge in [-0.05, 0) is 11.6 Å². The van der Waals surface area contributed by atoms with Crippen LogP contribution in [0.4, 0.5) is 0 Å². The topological polar surface area (TPSA) is 52.0 Å². The predicted molar refractivity (Wildman–Crippen MR) is 69.6 cm³/mol. The summed E-state index contributed by atoms with van der Waals surface area (Å²) in [7, 11) is 0. The number of benzene rings is 1. The van der Waals surface area contributed by atoms with E-state index in [4.69, 9.17) is 11.5 Å². The van der Waals surface area contributed by atoms with Crippen LogP contribution < -0.4 is 11.5 Å². The summed E-state index contributed by atoms with van der Waals surface area (Å²) in [6, 6.07) is 9.91. The van der Waals surface area contributed by atoms with Crippen molar-refractivity contribution < 1.29 is 0 Å². The van der Waals surface area contributed by atoms with E-state index >= 15 is 0 Å². The summed E-state index contributed by atoms with van der Waals surface area (Å²) in [4.78, 5) is 0. The molecule has 16 heavy (non-hydrogen) atoms. The van der Waals surface area contributed by atoms with Crippen molar-refractivity contribution in [3.05, 3.63) is 72.5 Å². The van der Waals surface area contributed by atoms with E-state index in [2.05, 4.69) is 6.58 Å². The van der Waals surface area contributed by atoms with Crippen LogP contribution in [-0.2, 0) is 0 Å². The zero-order valence-electron chi connectivity index (χ0n) is 9.34. The maximum absolute atomic E-state index is 6.04. The Labute approximate surface area is 97.0 Å². The first-order chi connectivity index (χ1) is 7.74. The van der Waals surface area contributed by atoms with Crippen LogP contribution in [0, 0.1) is 0 Å². The summed E-state index contributed by atoms with van der Waals surface area (Å²) < 4.78 is 0. The molecule has 2 nitrogen and oxygen atoms in total. The lowest BCUT2D eigenvalue weighted by molar-refractivity contribution is 0.710. The van der Waals surface area contributed by atoms with E-state index in [1.807, 2.05) is 48.6 Å². The molecule has 1 aromatic carbocycles. The van der Waals surface area contributed by atoms with E-state index in [1.54, 1.807) is 6.08 Å². The molecule has 0 bridgehead atoms. The van der Waals surface area contributed by atoms with E-state index in [-0.39, 0.29) is 6.04 Å². The molecule has 84 valence electrons. The summed E-state index contributed by atoms with van der Waals surface area (Å²) in [5.41, 5.74) is 13.8. The Morgan fingerprint density at radius 3 is 2.56 bits per heavy atom. The second kappa shape index (κ2) is 6.64. The molecule has 4 N–H and O–H groups in total. The second-order valence-corrected chi connectivity index (χ2v) is 3.58. The molecule has 1 rings (SSSR count). The van der Waals surface area contributed by atoms with E-state index in [1.165, 1.54) is 0 Å². The van der Waals surface area contributed by atoms with Crippen LogP contribution in [0.2, 0.25) is 0 Å². The molecule has 0 saturated heterocycles. The maximum atomic E-state index is 6.04. The largest absolute Gasteiger partial charge is 0.402 e. The minimum Gasteiger partial charge on any atom is -0.402 e. The van der Waals surface area contributed by atoms with Crippen molar-refractivity contribution in [1.29, 1.82) is 0 Å². The van der Waals surface area contributed by atoms with Crippen LogP contribution in [0.5, 0.6) is 0 Å². The van der Waals surface area contributed by atoms with E-state index in [0.29, 0.717) is 6.42 Å². The normalized spacial score (nSPS) is 13.9. The van der Waals surface area contributed by atoms with Crippen LogP contribution in [0.15, 0.2) is 66.9 Å². The van der Waals surface area contributed by atoms with E-state index in [0.717, 1.165) is 11.3 Å². The highest BCUT2D eigenvalue weighted by Gasteiger charge is 2.05. The summed E-state index contributed by atoms with van der Waals surface area (Å²) >= 11 is 0. The Kier molecular flexibility index (Phi) is 5.09. The predicted octanol–water partition coefficient (Wildman–Crippen LogP) is 2.66. The molecule has 0 amide bonds. The smallest absolute Gasteiger partial charge is 0.0349 e. The standard InChI is InChI=1S/C14H18N2/c1-2-3-5-10-13(15)11-14(16)12-8-6-4-7-9-12/h2-10,14H,1,11,15-16H2/b5-3-,13-10-. The van der Waals surface area contributed by atoms with Crippen molar-refractivity contribution in [3.63, 3.8) is 0 Å². The summed E-state index contributed by atoms with van der Waals surface area (Å²) in [6.07, 6.45) is 7.91. The third-order valence-electron chi connectivity index (χ3n) is 2.24. The molecule has 1 aromatic rings. The Bertz CT molecular complexity index is 377. The minimum absolute atomic E-state index is 0.0467. The lowest BCUT2D eigenvalue weighted by Gasteiger charge is -2.11. The molecule has 0 spiro atoms. The SMILES string of the molecule is C=C/C=C\C=C(/N)CC(N)c1ccccc1. The highest BCUT2D eigenvalue weighted by atomic mass is 14.7. The maximum Gasteiger partial charge on any atom is 0.0349 e. The molecule has 0 saturated carbocycles. The molecule has 0 radical (unpaired) electrons. The molecular weight excluding hydrogens is 196 g/mol. The number of hydrogen-bond acceptors (Lipinski definition) is 2. The fraction of sp³-hybridized carbons (Fsp3) is 0.143. The minimum atomic E-state index is -0.0467. The van der Waals surface area contributed by atoms with Gasteiger partial charge in [-0.15, -0.1) is 0 Å². The Hall–Kier alpha value is -1.80. The number of nitrogens with two attached hydrogens (primary N) is 2. The van der Waals surface area contributed by atoms with Gasteiger partial charge in [-0.2, -0.15) is 0 Å². The summed E-state index contributed by atoms with van der Waals surface area (Å²) in [6.45, 7) is 3.58. The van der Waals surface area contributed by atoms with Crippen LogP contribution >= 0.6 is 0 Å². The average Bonchev–Trinajstić information content (AvgIpc) is 2.30. The number of hydrogen-bond donors (Lipinski definition) is 2.